The van der Waals surface area contributed by atoms with E-state index in [0.29, 0.717) is 35.9 Å². The van der Waals surface area contributed by atoms with Crippen molar-refractivity contribution in [2.24, 2.45) is 29.1 Å². The van der Waals surface area contributed by atoms with E-state index in [9.17, 15) is 15.0 Å². The minimum absolute atomic E-state index is 0.179. The van der Waals surface area contributed by atoms with E-state index < -0.39 is 12.2 Å². The molecular weight excluding hydrogens is 288 g/mol. The molecule has 0 bridgehead atoms. The van der Waals surface area contributed by atoms with Gasteiger partial charge in [-0.15, -0.1) is 0 Å². The van der Waals surface area contributed by atoms with E-state index in [1.807, 2.05) is 6.92 Å². The van der Waals surface area contributed by atoms with Gasteiger partial charge in [0.15, 0.2) is 5.78 Å². The summed E-state index contributed by atoms with van der Waals surface area (Å²) in [7, 11) is 0. The third-order valence-corrected chi connectivity index (χ3v) is 7.37. The molecule has 0 saturated heterocycles. The molecule has 3 nitrogen and oxygen atoms in total. The van der Waals surface area contributed by atoms with Gasteiger partial charge in [0, 0.05) is 6.42 Å². The van der Waals surface area contributed by atoms with Crippen molar-refractivity contribution in [2.45, 2.75) is 64.6 Å². The Balaban J connectivity index is 1.67. The van der Waals surface area contributed by atoms with Crippen molar-refractivity contribution >= 4 is 5.78 Å². The van der Waals surface area contributed by atoms with Crippen molar-refractivity contribution in [1.29, 1.82) is 0 Å². The van der Waals surface area contributed by atoms with Crippen LogP contribution < -0.4 is 0 Å². The molecule has 0 aromatic heterocycles. The molecule has 0 heterocycles. The molecule has 7 atom stereocenters. The molecule has 0 unspecified atom stereocenters. The van der Waals surface area contributed by atoms with Gasteiger partial charge in [-0.05, 0) is 79.3 Å². The van der Waals surface area contributed by atoms with Crippen molar-refractivity contribution in [3.8, 4) is 0 Å². The van der Waals surface area contributed by atoms with Crippen LogP contribution in [0.5, 0.6) is 0 Å². The smallest absolute Gasteiger partial charge is 0.158 e. The summed E-state index contributed by atoms with van der Waals surface area (Å²) in [6, 6.07) is 0. The van der Waals surface area contributed by atoms with Crippen molar-refractivity contribution in [3.05, 3.63) is 23.3 Å². The summed E-state index contributed by atoms with van der Waals surface area (Å²) in [6.45, 7) is 4.35. The highest BCUT2D eigenvalue weighted by molar-refractivity contribution is 5.97. The molecule has 2 fully saturated rings. The number of aliphatic hydroxyl groups is 2. The van der Waals surface area contributed by atoms with E-state index in [-0.39, 0.29) is 5.41 Å². The minimum Gasteiger partial charge on any atom is -0.390 e. The number of hydrogen-bond acceptors (Lipinski definition) is 3. The summed E-state index contributed by atoms with van der Waals surface area (Å²) in [6.07, 6.45) is 8.87. The second-order valence-electron chi connectivity index (χ2n) is 8.66. The predicted molar refractivity (Wildman–Crippen MR) is 88.6 cm³/mol. The summed E-state index contributed by atoms with van der Waals surface area (Å²) >= 11 is 0. The Labute approximate surface area is 138 Å². The van der Waals surface area contributed by atoms with E-state index in [1.54, 1.807) is 0 Å². The fourth-order valence-electron chi connectivity index (χ4n) is 6.00. The van der Waals surface area contributed by atoms with E-state index in [2.05, 4.69) is 19.1 Å². The average Bonchev–Trinajstić information content (AvgIpc) is 2.50. The van der Waals surface area contributed by atoms with Gasteiger partial charge in [0.05, 0.1) is 12.2 Å². The van der Waals surface area contributed by atoms with Gasteiger partial charge in [-0.1, -0.05) is 19.1 Å². The molecule has 0 aromatic carbocycles. The number of carbonyl (C=O) groups excluding carboxylic acids is 1. The highest BCUT2D eigenvalue weighted by Crippen LogP contribution is 2.58. The lowest BCUT2D eigenvalue weighted by molar-refractivity contribution is -0.117. The topological polar surface area (TPSA) is 57.5 Å². The molecule has 126 valence electrons. The predicted octanol–water partition coefficient (Wildman–Crippen LogP) is 3.02. The van der Waals surface area contributed by atoms with Crippen molar-refractivity contribution in [1.82, 2.24) is 0 Å². The molecule has 0 aromatic rings. The number of hydrogen-bond donors (Lipinski definition) is 2. The van der Waals surface area contributed by atoms with Crippen LogP contribution in [0.3, 0.4) is 0 Å². The number of Topliss-reactive ketones (excluding diaryl/α,β-unsaturated/α-hetero) is 1. The first-order valence-electron chi connectivity index (χ1n) is 9.18. The first-order chi connectivity index (χ1) is 10.9. The van der Waals surface area contributed by atoms with Gasteiger partial charge in [-0.25, -0.2) is 0 Å². The third-order valence-electron chi connectivity index (χ3n) is 7.37. The largest absolute Gasteiger partial charge is 0.390 e. The molecule has 0 spiro atoms. The normalized spacial score (nSPS) is 49.5. The summed E-state index contributed by atoms with van der Waals surface area (Å²) in [4.78, 5) is 12.0. The quantitative estimate of drug-likeness (QED) is 0.722. The monoisotopic (exact) mass is 316 g/mol. The van der Waals surface area contributed by atoms with Crippen LogP contribution in [0.4, 0.5) is 0 Å². The first kappa shape index (κ1) is 15.6. The van der Waals surface area contributed by atoms with Crippen molar-refractivity contribution in [2.75, 3.05) is 0 Å². The maximum Gasteiger partial charge on any atom is 0.158 e. The zero-order valence-electron chi connectivity index (χ0n) is 14.2. The Bertz CT molecular complexity index is 590. The van der Waals surface area contributed by atoms with Crippen LogP contribution in [-0.4, -0.2) is 28.2 Å². The highest BCUT2D eigenvalue weighted by Gasteiger charge is 2.51. The van der Waals surface area contributed by atoms with Gasteiger partial charge in [-0.3, -0.25) is 4.79 Å². The van der Waals surface area contributed by atoms with Crippen molar-refractivity contribution in [3.63, 3.8) is 0 Å². The molecule has 3 heteroatoms. The Morgan fingerprint density at radius 2 is 1.83 bits per heavy atom. The van der Waals surface area contributed by atoms with Gasteiger partial charge in [0.25, 0.3) is 0 Å². The van der Waals surface area contributed by atoms with Crippen LogP contribution in [0.15, 0.2) is 23.3 Å². The molecule has 4 aliphatic carbocycles. The molecule has 2 saturated carbocycles. The summed E-state index contributed by atoms with van der Waals surface area (Å²) in [5.41, 5.74) is 2.43. The number of ketones is 1. The second-order valence-corrected chi connectivity index (χ2v) is 8.66. The summed E-state index contributed by atoms with van der Waals surface area (Å²) in [5.74, 6) is 2.45. The zero-order chi connectivity index (χ0) is 16.4. The van der Waals surface area contributed by atoms with E-state index in [4.69, 9.17) is 0 Å². The van der Waals surface area contributed by atoms with E-state index in [0.717, 1.165) is 37.7 Å². The molecule has 0 amide bonds. The van der Waals surface area contributed by atoms with Gasteiger partial charge in [-0.2, -0.15) is 0 Å². The van der Waals surface area contributed by atoms with E-state index in [1.165, 1.54) is 5.57 Å². The maximum atomic E-state index is 12.0. The Morgan fingerprint density at radius 1 is 1.13 bits per heavy atom. The number of fused-ring (bicyclic) bond motifs is 4. The van der Waals surface area contributed by atoms with Crippen LogP contribution in [0.1, 0.15) is 52.4 Å². The number of aliphatic hydroxyl groups excluding tert-OH is 2. The van der Waals surface area contributed by atoms with Crippen LogP contribution in [0.25, 0.3) is 0 Å². The van der Waals surface area contributed by atoms with Crippen LogP contribution >= 0.6 is 0 Å². The standard InChI is InChI=1S/C20H28O3/c1-11-14-5-6-20(2)10-13-9-19(23)18(22)8-12(13)7-16(20)15(14)3-4-17(11)21/h5-6,12-13,15-16,18-19,22-23H,3-4,7-10H2,1-2H3/t12-,13+,15+,16+,18+,19-,20+/m0/s1. The third kappa shape index (κ3) is 2.35. The minimum atomic E-state index is -0.551. The molecular formula is C20H28O3. The van der Waals surface area contributed by atoms with Crippen LogP contribution in [0.2, 0.25) is 0 Å². The lowest BCUT2D eigenvalue weighted by Gasteiger charge is -2.55. The van der Waals surface area contributed by atoms with Gasteiger partial charge in [0.2, 0.25) is 0 Å². The van der Waals surface area contributed by atoms with Crippen LogP contribution in [0, 0.1) is 29.1 Å². The lowest BCUT2D eigenvalue weighted by atomic mass is 9.50. The number of allylic oxidation sites excluding steroid dienone is 4. The molecule has 2 N–H and O–H groups in total. The maximum absolute atomic E-state index is 12.0. The molecule has 0 radical (unpaired) electrons. The van der Waals surface area contributed by atoms with Crippen molar-refractivity contribution < 1.29 is 15.0 Å². The Kier molecular flexibility index (Phi) is 3.58. The fourth-order valence-corrected chi connectivity index (χ4v) is 6.00. The molecule has 4 rings (SSSR count). The highest BCUT2D eigenvalue weighted by atomic mass is 16.3. The Morgan fingerprint density at radius 3 is 2.57 bits per heavy atom. The zero-order valence-corrected chi connectivity index (χ0v) is 14.2. The molecule has 0 aliphatic heterocycles. The fraction of sp³-hybridized carbons (Fsp3) is 0.750. The van der Waals surface area contributed by atoms with E-state index >= 15 is 0 Å². The lowest BCUT2D eigenvalue weighted by Crippen LogP contribution is -2.49. The van der Waals surface area contributed by atoms with Crippen LogP contribution in [-0.2, 0) is 4.79 Å². The first-order valence-corrected chi connectivity index (χ1v) is 9.18. The van der Waals surface area contributed by atoms with Gasteiger partial charge < -0.3 is 10.2 Å². The Hall–Kier alpha value is -0.930. The molecule has 23 heavy (non-hydrogen) atoms. The second kappa shape index (κ2) is 5.29. The number of rotatable bonds is 0. The average molecular weight is 316 g/mol. The number of carbonyl (C=O) groups is 1. The van der Waals surface area contributed by atoms with Gasteiger partial charge in [0.1, 0.15) is 0 Å². The van der Waals surface area contributed by atoms with Gasteiger partial charge >= 0.3 is 0 Å². The molecule has 4 aliphatic rings. The summed E-state index contributed by atoms with van der Waals surface area (Å²) in [5, 5.41) is 20.1. The summed E-state index contributed by atoms with van der Waals surface area (Å²) < 4.78 is 0. The SMILES string of the molecule is CC1=C2C=C[C@]3(C)C[C@H]4C[C@H](O)[C@H](O)C[C@@H]4C[C@@H]3[C@@H]2CCC1=O.